The molecule has 0 saturated carbocycles. The molecule has 0 spiro atoms. The number of pyridine rings is 1. The summed E-state index contributed by atoms with van der Waals surface area (Å²) in [5, 5.41) is 4.19. The van der Waals surface area contributed by atoms with E-state index in [1.165, 1.54) is 0 Å². The lowest BCUT2D eigenvalue weighted by Gasteiger charge is -2.07. The van der Waals surface area contributed by atoms with Gasteiger partial charge in [0.2, 0.25) is 0 Å². The maximum absolute atomic E-state index is 12.4. The molecule has 100 valence electrons. The maximum atomic E-state index is 12.4. The molecule has 2 heterocycles. The standard InChI is InChI=1S/C14H17N3O2/c1-3-7-17-14(13(19-2)10-16-17)12(18)8-11-5-4-6-15-9-11/h4-6,9-10H,3,7-8H2,1-2H3. The predicted octanol–water partition coefficient (Wildman–Crippen LogP) is 2.12. The first-order valence-electron chi connectivity index (χ1n) is 6.28. The van der Waals surface area contributed by atoms with Crippen LogP contribution < -0.4 is 4.74 Å². The molecule has 0 unspecified atom stereocenters. The van der Waals surface area contributed by atoms with Crippen LogP contribution in [0.1, 0.15) is 29.4 Å². The first-order valence-corrected chi connectivity index (χ1v) is 6.28. The Morgan fingerprint density at radius 1 is 1.42 bits per heavy atom. The fourth-order valence-electron chi connectivity index (χ4n) is 1.95. The average molecular weight is 259 g/mol. The lowest BCUT2D eigenvalue weighted by atomic mass is 10.1. The highest BCUT2D eigenvalue weighted by molar-refractivity contribution is 5.98. The molecule has 19 heavy (non-hydrogen) atoms. The number of rotatable bonds is 6. The normalized spacial score (nSPS) is 10.4. The van der Waals surface area contributed by atoms with Gasteiger partial charge in [0.15, 0.2) is 11.5 Å². The summed E-state index contributed by atoms with van der Waals surface area (Å²) in [6.07, 6.45) is 6.20. The van der Waals surface area contributed by atoms with Crippen molar-refractivity contribution in [1.82, 2.24) is 14.8 Å². The van der Waals surface area contributed by atoms with Crippen molar-refractivity contribution in [1.29, 1.82) is 0 Å². The number of aryl methyl sites for hydroxylation is 1. The first-order chi connectivity index (χ1) is 9.26. The molecule has 0 N–H and O–H groups in total. The van der Waals surface area contributed by atoms with Crippen molar-refractivity contribution in [3.8, 4) is 5.75 Å². The van der Waals surface area contributed by atoms with Gasteiger partial charge in [-0.1, -0.05) is 13.0 Å². The highest BCUT2D eigenvalue weighted by Gasteiger charge is 2.19. The number of hydrogen-bond acceptors (Lipinski definition) is 4. The molecular formula is C14H17N3O2. The van der Waals surface area contributed by atoms with Crippen LogP contribution in [0.4, 0.5) is 0 Å². The van der Waals surface area contributed by atoms with Crippen LogP contribution in [0.15, 0.2) is 30.7 Å². The van der Waals surface area contributed by atoms with E-state index in [1.807, 2.05) is 19.1 Å². The molecule has 0 aliphatic rings. The van der Waals surface area contributed by atoms with Gasteiger partial charge in [0, 0.05) is 25.4 Å². The molecule has 0 atom stereocenters. The number of ketones is 1. The molecule has 0 amide bonds. The Balaban J connectivity index is 2.25. The number of carbonyl (C=O) groups excluding carboxylic acids is 1. The van der Waals surface area contributed by atoms with Crippen molar-refractivity contribution < 1.29 is 9.53 Å². The van der Waals surface area contributed by atoms with E-state index in [0.717, 1.165) is 12.0 Å². The number of hydrogen-bond donors (Lipinski definition) is 0. The van der Waals surface area contributed by atoms with Gasteiger partial charge >= 0.3 is 0 Å². The van der Waals surface area contributed by atoms with Gasteiger partial charge in [-0.05, 0) is 18.1 Å². The Labute approximate surface area is 112 Å². The Morgan fingerprint density at radius 3 is 2.89 bits per heavy atom. The van der Waals surface area contributed by atoms with Gasteiger partial charge in [0.1, 0.15) is 5.69 Å². The summed E-state index contributed by atoms with van der Waals surface area (Å²) in [4.78, 5) is 16.4. The second-order valence-corrected chi connectivity index (χ2v) is 4.25. The van der Waals surface area contributed by atoms with E-state index in [1.54, 1.807) is 30.4 Å². The van der Waals surface area contributed by atoms with Crippen LogP contribution in [0.3, 0.4) is 0 Å². The topological polar surface area (TPSA) is 57.0 Å². The van der Waals surface area contributed by atoms with Crippen LogP contribution in [-0.4, -0.2) is 27.7 Å². The van der Waals surface area contributed by atoms with Crippen LogP contribution in [0, 0.1) is 0 Å². The minimum absolute atomic E-state index is 0.00389. The molecule has 0 aliphatic heterocycles. The lowest BCUT2D eigenvalue weighted by Crippen LogP contribution is -2.13. The van der Waals surface area contributed by atoms with E-state index in [-0.39, 0.29) is 5.78 Å². The molecule has 5 heteroatoms. The van der Waals surface area contributed by atoms with Crippen molar-refractivity contribution in [3.05, 3.63) is 42.0 Å². The fraction of sp³-hybridized carbons (Fsp3) is 0.357. The van der Waals surface area contributed by atoms with Gasteiger partial charge in [-0.2, -0.15) is 5.10 Å². The summed E-state index contributed by atoms with van der Waals surface area (Å²) in [6.45, 7) is 2.75. The monoisotopic (exact) mass is 259 g/mol. The second-order valence-electron chi connectivity index (χ2n) is 4.25. The first kappa shape index (κ1) is 13.3. The SMILES string of the molecule is CCCn1ncc(OC)c1C(=O)Cc1cccnc1. The molecule has 0 aliphatic carbocycles. The largest absolute Gasteiger partial charge is 0.493 e. The van der Waals surface area contributed by atoms with Gasteiger partial charge in [0.25, 0.3) is 0 Å². The molecule has 0 bridgehead atoms. The number of carbonyl (C=O) groups is 1. The van der Waals surface area contributed by atoms with E-state index >= 15 is 0 Å². The number of Topliss-reactive ketones (excluding diaryl/α,β-unsaturated/α-hetero) is 1. The minimum atomic E-state index is -0.00389. The Hall–Kier alpha value is -2.17. The van der Waals surface area contributed by atoms with Crippen molar-refractivity contribution >= 4 is 5.78 Å². The van der Waals surface area contributed by atoms with Crippen molar-refractivity contribution in [2.45, 2.75) is 26.3 Å². The third kappa shape index (κ3) is 2.99. The Morgan fingerprint density at radius 2 is 2.26 bits per heavy atom. The molecular weight excluding hydrogens is 242 g/mol. The van der Waals surface area contributed by atoms with Gasteiger partial charge in [-0.3, -0.25) is 14.5 Å². The summed E-state index contributed by atoms with van der Waals surface area (Å²) in [5.41, 5.74) is 1.42. The summed E-state index contributed by atoms with van der Waals surface area (Å²) >= 11 is 0. The Kier molecular flexibility index (Phi) is 4.28. The van der Waals surface area contributed by atoms with Gasteiger partial charge in [-0.25, -0.2) is 0 Å². The van der Waals surface area contributed by atoms with E-state index in [4.69, 9.17) is 4.74 Å². The van der Waals surface area contributed by atoms with Crippen molar-refractivity contribution in [2.24, 2.45) is 0 Å². The third-order valence-corrected chi connectivity index (χ3v) is 2.81. The van der Waals surface area contributed by atoms with E-state index < -0.39 is 0 Å². The quantitative estimate of drug-likeness (QED) is 0.746. The van der Waals surface area contributed by atoms with E-state index in [0.29, 0.717) is 24.4 Å². The molecule has 0 fully saturated rings. The summed E-state index contributed by atoms with van der Waals surface area (Å²) in [7, 11) is 1.55. The molecule has 5 nitrogen and oxygen atoms in total. The molecule has 2 rings (SSSR count). The fourth-order valence-corrected chi connectivity index (χ4v) is 1.95. The van der Waals surface area contributed by atoms with E-state index in [2.05, 4.69) is 10.1 Å². The zero-order chi connectivity index (χ0) is 13.7. The maximum Gasteiger partial charge on any atom is 0.189 e. The van der Waals surface area contributed by atoms with E-state index in [9.17, 15) is 4.79 Å². The van der Waals surface area contributed by atoms with Crippen LogP contribution in [-0.2, 0) is 13.0 Å². The zero-order valence-corrected chi connectivity index (χ0v) is 11.2. The molecule has 0 saturated heterocycles. The lowest BCUT2D eigenvalue weighted by molar-refractivity contribution is 0.0979. The minimum Gasteiger partial charge on any atom is -0.493 e. The van der Waals surface area contributed by atoms with Gasteiger partial charge < -0.3 is 4.74 Å². The van der Waals surface area contributed by atoms with Crippen LogP contribution in [0.25, 0.3) is 0 Å². The van der Waals surface area contributed by atoms with Crippen LogP contribution in [0.2, 0.25) is 0 Å². The number of ether oxygens (including phenoxy) is 1. The predicted molar refractivity (Wildman–Crippen MR) is 71.3 cm³/mol. The summed E-state index contributed by atoms with van der Waals surface area (Å²) in [5.74, 6) is 0.526. The zero-order valence-electron chi connectivity index (χ0n) is 11.2. The average Bonchev–Trinajstić information content (AvgIpc) is 2.83. The molecule has 2 aromatic heterocycles. The van der Waals surface area contributed by atoms with Gasteiger partial charge in [-0.15, -0.1) is 0 Å². The summed E-state index contributed by atoms with van der Waals surface area (Å²) < 4.78 is 6.92. The molecule has 0 radical (unpaired) electrons. The summed E-state index contributed by atoms with van der Waals surface area (Å²) in [6, 6.07) is 3.71. The number of aromatic nitrogens is 3. The number of methoxy groups -OCH3 is 1. The second kappa shape index (κ2) is 6.13. The van der Waals surface area contributed by atoms with Gasteiger partial charge in [0.05, 0.1) is 13.3 Å². The molecule has 0 aromatic carbocycles. The van der Waals surface area contributed by atoms with Crippen molar-refractivity contribution in [3.63, 3.8) is 0 Å². The van der Waals surface area contributed by atoms with Crippen molar-refractivity contribution in [2.75, 3.05) is 7.11 Å². The molecule has 2 aromatic rings. The highest BCUT2D eigenvalue weighted by Crippen LogP contribution is 2.20. The van der Waals surface area contributed by atoms with Crippen LogP contribution >= 0.6 is 0 Å². The third-order valence-electron chi connectivity index (χ3n) is 2.81. The smallest absolute Gasteiger partial charge is 0.189 e. The van der Waals surface area contributed by atoms with Crippen LogP contribution in [0.5, 0.6) is 5.75 Å². The Bertz CT molecular complexity index is 549. The number of nitrogens with zero attached hydrogens (tertiary/aromatic N) is 3. The highest BCUT2D eigenvalue weighted by atomic mass is 16.5.